The molecule has 8 nitrogen and oxygen atoms in total. The highest BCUT2D eigenvalue weighted by molar-refractivity contribution is 6.02. The highest BCUT2D eigenvalue weighted by atomic mass is 16.5. The van der Waals surface area contributed by atoms with Crippen LogP contribution in [0.2, 0.25) is 0 Å². The van der Waals surface area contributed by atoms with Crippen molar-refractivity contribution in [2.24, 2.45) is 0 Å². The smallest absolute Gasteiger partial charge is 0.264 e. The maximum absolute atomic E-state index is 13.0. The largest absolute Gasteiger partial charge is 0.457 e. The standard InChI is InChI=1S/C29H28N6O2/c1-3-20(16-30)29(36)34-15-7-8-22(34)17-35-19(2)25(26-27(31)32-18-33-28(26)35)21-11-13-24(14-12-21)37-23-9-5-4-6-10-23/h3-6,9-14,18,22H,7-8,15,17H2,1-2H3,(H2,31,32,33)/b20-3-/t22-/m0/s1. The van der Waals surface area contributed by atoms with Crippen LogP contribution in [0.3, 0.4) is 0 Å². The first kappa shape index (κ1) is 24.1. The van der Waals surface area contributed by atoms with Crippen LogP contribution >= 0.6 is 0 Å². The van der Waals surface area contributed by atoms with Gasteiger partial charge in [0.2, 0.25) is 0 Å². The molecule has 0 aliphatic carbocycles. The van der Waals surface area contributed by atoms with Gasteiger partial charge in [0.1, 0.15) is 40.9 Å². The molecule has 5 rings (SSSR count). The predicted octanol–water partition coefficient (Wildman–Crippen LogP) is 5.24. The van der Waals surface area contributed by atoms with E-state index in [1.807, 2.05) is 72.5 Å². The number of carbonyl (C=O) groups is 1. The van der Waals surface area contributed by atoms with Crippen molar-refractivity contribution in [3.63, 3.8) is 0 Å². The molecular formula is C29H28N6O2. The number of likely N-dealkylation sites (tertiary alicyclic amines) is 1. The van der Waals surface area contributed by atoms with Gasteiger partial charge in [0.15, 0.2) is 0 Å². The van der Waals surface area contributed by atoms with E-state index < -0.39 is 0 Å². The molecule has 8 heteroatoms. The number of hydrogen-bond acceptors (Lipinski definition) is 6. The molecule has 2 aromatic heterocycles. The summed E-state index contributed by atoms with van der Waals surface area (Å²) < 4.78 is 8.08. The third-order valence-corrected chi connectivity index (χ3v) is 6.92. The van der Waals surface area contributed by atoms with Gasteiger partial charge >= 0.3 is 0 Å². The molecule has 2 aromatic carbocycles. The third kappa shape index (κ3) is 4.52. The van der Waals surface area contributed by atoms with Crippen LogP contribution < -0.4 is 10.5 Å². The average molecular weight is 493 g/mol. The van der Waals surface area contributed by atoms with Crippen molar-refractivity contribution in [3.05, 3.63) is 78.3 Å². The van der Waals surface area contributed by atoms with Crippen LogP contribution in [0.4, 0.5) is 5.82 Å². The molecule has 1 atom stereocenters. The second-order valence-corrected chi connectivity index (χ2v) is 9.08. The Balaban J connectivity index is 1.51. The lowest BCUT2D eigenvalue weighted by Crippen LogP contribution is -2.38. The Hall–Kier alpha value is -4.64. The fourth-order valence-electron chi connectivity index (χ4n) is 5.09. The zero-order valence-corrected chi connectivity index (χ0v) is 20.9. The zero-order valence-electron chi connectivity index (χ0n) is 20.9. The molecule has 1 amide bonds. The molecule has 1 saturated heterocycles. The number of aromatic nitrogens is 3. The van der Waals surface area contributed by atoms with Gasteiger partial charge in [-0.1, -0.05) is 36.4 Å². The second-order valence-electron chi connectivity index (χ2n) is 9.08. The summed E-state index contributed by atoms with van der Waals surface area (Å²) in [4.78, 5) is 23.6. The quantitative estimate of drug-likeness (QED) is 0.291. The van der Waals surface area contributed by atoms with E-state index in [1.54, 1.807) is 13.0 Å². The summed E-state index contributed by atoms with van der Waals surface area (Å²) in [6, 6.07) is 19.5. The van der Waals surface area contributed by atoms with Crippen LogP contribution in [0.15, 0.2) is 72.6 Å². The number of allylic oxidation sites excluding steroid dienone is 1. The molecule has 37 heavy (non-hydrogen) atoms. The maximum Gasteiger partial charge on any atom is 0.264 e. The van der Waals surface area contributed by atoms with Crippen LogP contribution in [0, 0.1) is 18.3 Å². The van der Waals surface area contributed by atoms with Crippen LogP contribution in [-0.2, 0) is 11.3 Å². The summed E-state index contributed by atoms with van der Waals surface area (Å²) in [5.41, 5.74) is 10.2. The molecule has 0 spiro atoms. The van der Waals surface area contributed by atoms with Gasteiger partial charge < -0.3 is 19.9 Å². The monoisotopic (exact) mass is 492 g/mol. The van der Waals surface area contributed by atoms with Gasteiger partial charge in [0, 0.05) is 24.3 Å². The number of ether oxygens (including phenoxy) is 1. The number of amides is 1. The fourth-order valence-corrected chi connectivity index (χ4v) is 5.09. The maximum atomic E-state index is 13.0. The van der Waals surface area contributed by atoms with Crippen LogP contribution in [-0.4, -0.2) is 37.9 Å². The van der Waals surface area contributed by atoms with Crippen molar-refractivity contribution in [2.45, 2.75) is 39.3 Å². The van der Waals surface area contributed by atoms with E-state index in [9.17, 15) is 10.1 Å². The Kier molecular flexibility index (Phi) is 6.60. The summed E-state index contributed by atoms with van der Waals surface area (Å²) in [6.45, 7) is 4.95. The van der Waals surface area contributed by atoms with Gasteiger partial charge in [-0.2, -0.15) is 5.26 Å². The Labute approximate surface area is 215 Å². The number of rotatable bonds is 6. The van der Waals surface area contributed by atoms with Gasteiger partial charge in [-0.25, -0.2) is 9.97 Å². The predicted molar refractivity (Wildman–Crippen MR) is 143 cm³/mol. The number of anilines is 1. The molecule has 1 aliphatic heterocycles. The molecule has 186 valence electrons. The molecule has 3 heterocycles. The van der Waals surface area contributed by atoms with Crippen molar-refractivity contribution in [2.75, 3.05) is 12.3 Å². The minimum atomic E-state index is -0.218. The number of nitriles is 1. The van der Waals surface area contributed by atoms with E-state index in [4.69, 9.17) is 10.5 Å². The van der Waals surface area contributed by atoms with Crippen molar-refractivity contribution < 1.29 is 9.53 Å². The van der Waals surface area contributed by atoms with E-state index in [0.29, 0.717) is 18.9 Å². The summed E-state index contributed by atoms with van der Waals surface area (Å²) in [7, 11) is 0. The van der Waals surface area contributed by atoms with Crippen LogP contribution in [0.1, 0.15) is 25.5 Å². The van der Waals surface area contributed by atoms with E-state index in [0.717, 1.165) is 52.2 Å². The van der Waals surface area contributed by atoms with Gasteiger partial charge in [0.25, 0.3) is 5.91 Å². The van der Waals surface area contributed by atoms with Crippen molar-refractivity contribution >= 4 is 22.8 Å². The van der Waals surface area contributed by atoms with E-state index in [1.165, 1.54) is 6.33 Å². The number of nitrogens with two attached hydrogens (primary N) is 1. The molecule has 1 aliphatic rings. The molecule has 0 radical (unpaired) electrons. The second kappa shape index (κ2) is 10.2. The Morgan fingerprint density at radius 2 is 1.89 bits per heavy atom. The first-order valence-electron chi connectivity index (χ1n) is 12.3. The minimum absolute atomic E-state index is 0.0456. The van der Waals surface area contributed by atoms with E-state index in [-0.39, 0.29) is 17.5 Å². The fraction of sp³-hybridized carbons (Fsp3) is 0.241. The molecule has 2 N–H and O–H groups in total. The molecular weight excluding hydrogens is 464 g/mol. The summed E-state index contributed by atoms with van der Waals surface area (Å²) in [5, 5.41) is 10.2. The zero-order chi connectivity index (χ0) is 25.9. The van der Waals surface area contributed by atoms with Gasteiger partial charge in [0.05, 0.1) is 11.4 Å². The molecule has 0 saturated carbocycles. The van der Waals surface area contributed by atoms with Crippen LogP contribution in [0.25, 0.3) is 22.2 Å². The van der Waals surface area contributed by atoms with Crippen molar-refractivity contribution in [1.82, 2.24) is 19.4 Å². The first-order valence-corrected chi connectivity index (χ1v) is 12.3. The lowest BCUT2D eigenvalue weighted by atomic mass is 10.0. The molecule has 1 fully saturated rings. The number of nitrogen functional groups attached to an aromatic ring is 1. The number of benzene rings is 2. The van der Waals surface area contributed by atoms with Crippen molar-refractivity contribution in [1.29, 1.82) is 5.26 Å². The summed E-state index contributed by atoms with van der Waals surface area (Å²) in [6.07, 6.45) is 4.79. The van der Waals surface area contributed by atoms with Gasteiger partial charge in [-0.15, -0.1) is 0 Å². The SMILES string of the molecule is C/C=C(/C#N)C(=O)N1CCC[C@H]1Cn1c(C)c(-c2ccc(Oc3ccccc3)cc2)c2c(N)ncnc21. The minimum Gasteiger partial charge on any atom is -0.457 e. The van der Waals surface area contributed by atoms with E-state index >= 15 is 0 Å². The Bertz CT molecular complexity index is 1520. The number of nitrogens with zero attached hydrogens (tertiary/aromatic N) is 5. The molecule has 4 aromatic rings. The Morgan fingerprint density at radius 3 is 2.59 bits per heavy atom. The summed E-state index contributed by atoms with van der Waals surface area (Å²) in [5.74, 6) is 1.70. The highest BCUT2D eigenvalue weighted by Crippen LogP contribution is 2.38. The number of fused-ring (bicyclic) bond motifs is 1. The number of hydrogen-bond donors (Lipinski definition) is 1. The van der Waals surface area contributed by atoms with Gasteiger partial charge in [-0.05, 0) is 56.5 Å². The highest BCUT2D eigenvalue weighted by Gasteiger charge is 2.32. The van der Waals surface area contributed by atoms with Gasteiger partial charge in [-0.3, -0.25) is 4.79 Å². The normalized spacial score (nSPS) is 15.6. The van der Waals surface area contributed by atoms with E-state index in [2.05, 4.69) is 14.5 Å². The number of carbonyl (C=O) groups excluding carboxylic acids is 1. The summed E-state index contributed by atoms with van der Waals surface area (Å²) >= 11 is 0. The topological polar surface area (TPSA) is 110 Å². The first-order chi connectivity index (χ1) is 18.0. The third-order valence-electron chi connectivity index (χ3n) is 6.92. The Morgan fingerprint density at radius 1 is 1.16 bits per heavy atom. The number of para-hydroxylation sites is 1. The molecule has 0 bridgehead atoms. The van der Waals surface area contributed by atoms with Crippen LogP contribution in [0.5, 0.6) is 11.5 Å². The lowest BCUT2D eigenvalue weighted by molar-refractivity contribution is -0.127. The lowest BCUT2D eigenvalue weighted by Gasteiger charge is -2.25. The molecule has 0 unspecified atom stereocenters. The average Bonchev–Trinajstić information content (AvgIpc) is 3.49. The van der Waals surface area contributed by atoms with Crippen molar-refractivity contribution in [3.8, 4) is 28.7 Å².